The van der Waals surface area contributed by atoms with Crippen LogP contribution in [0.4, 0.5) is 0 Å². The van der Waals surface area contributed by atoms with Gasteiger partial charge in [0.1, 0.15) is 23.3 Å². The van der Waals surface area contributed by atoms with Gasteiger partial charge in [-0.1, -0.05) is 66.5 Å². The number of carboxylic acid groups (broad SMARTS) is 2. The summed E-state index contributed by atoms with van der Waals surface area (Å²) in [6, 6.07) is 15.3. The molecule has 4 rings (SSSR count). The summed E-state index contributed by atoms with van der Waals surface area (Å²) in [6.45, 7) is 8.54. The first-order valence-electron chi connectivity index (χ1n) is 16.9. The molecule has 2 heterocycles. The van der Waals surface area contributed by atoms with Gasteiger partial charge in [0, 0.05) is 30.1 Å². The van der Waals surface area contributed by atoms with E-state index in [9.17, 15) is 9.59 Å². The lowest BCUT2D eigenvalue weighted by molar-refractivity contribution is -0.138. The molecule has 11 nitrogen and oxygen atoms in total. The number of hydrogen-bond acceptors (Lipinski definition) is 9. The fraction of sp³-hybridized carbons (Fsp3) is 0.385. The number of ether oxygens (including phenoxy) is 4. The van der Waals surface area contributed by atoms with Crippen molar-refractivity contribution in [1.29, 1.82) is 0 Å². The van der Waals surface area contributed by atoms with Crippen LogP contribution in [0, 0.1) is 19.8 Å². The van der Waals surface area contributed by atoms with Crippen LogP contribution in [0.5, 0.6) is 23.5 Å². The van der Waals surface area contributed by atoms with Crippen LogP contribution in [-0.4, -0.2) is 52.4 Å². The Kier molecular flexibility index (Phi) is 14.5. The number of hydrogen-bond donors (Lipinski definition) is 3. The van der Waals surface area contributed by atoms with Crippen LogP contribution in [0.15, 0.2) is 48.5 Å². The van der Waals surface area contributed by atoms with Crippen molar-refractivity contribution in [3.8, 4) is 34.6 Å². The van der Waals surface area contributed by atoms with Crippen LogP contribution in [0.3, 0.4) is 0 Å². The number of aryl methyl sites for hydroxylation is 1. The quantitative estimate of drug-likeness (QED) is 0.0850. The summed E-state index contributed by atoms with van der Waals surface area (Å²) in [5.74, 6) is -0.499. The van der Waals surface area contributed by atoms with Crippen molar-refractivity contribution in [2.24, 2.45) is 5.92 Å². The predicted molar refractivity (Wildman–Crippen MR) is 200 cm³/mol. The van der Waals surface area contributed by atoms with Crippen LogP contribution in [-0.2, 0) is 35.8 Å². The molecule has 0 amide bonds. The van der Waals surface area contributed by atoms with E-state index in [1.807, 2.05) is 45.0 Å². The largest absolute Gasteiger partial charge is 0.481 e. The molecule has 0 bridgehead atoms. The first-order valence-corrected chi connectivity index (χ1v) is 17.6. The van der Waals surface area contributed by atoms with E-state index < -0.39 is 11.9 Å². The molecule has 0 aliphatic heterocycles. The van der Waals surface area contributed by atoms with Crippen molar-refractivity contribution < 1.29 is 38.7 Å². The van der Waals surface area contributed by atoms with Crippen molar-refractivity contribution >= 4 is 35.1 Å². The minimum absolute atomic E-state index is 0.00160. The highest BCUT2D eigenvalue weighted by atomic mass is 35.5. The number of nitrogens with zero attached hydrogens (tertiary/aromatic N) is 2. The van der Waals surface area contributed by atoms with Crippen molar-refractivity contribution in [3.63, 3.8) is 0 Å². The number of pyridine rings is 2. The summed E-state index contributed by atoms with van der Waals surface area (Å²) < 4.78 is 23.2. The Hall–Kier alpha value is -4.58. The lowest BCUT2D eigenvalue weighted by Gasteiger charge is -2.18. The maximum absolute atomic E-state index is 11.0. The van der Waals surface area contributed by atoms with Crippen molar-refractivity contribution in [3.05, 3.63) is 92.0 Å². The van der Waals surface area contributed by atoms with Gasteiger partial charge < -0.3 is 34.5 Å². The molecule has 0 unspecified atom stereocenters. The Morgan fingerprint density at radius 1 is 0.731 bits per heavy atom. The second kappa shape index (κ2) is 18.8. The minimum atomic E-state index is -0.885. The Balaban J connectivity index is 1.47. The summed E-state index contributed by atoms with van der Waals surface area (Å²) in [5, 5.41) is 21.9. The van der Waals surface area contributed by atoms with Gasteiger partial charge >= 0.3 is 11.9 Å². The zero-order valence-corrected chi connectivity index (χ0v) is 31.7. The highest BCUT2D eigenvalue weighted by Gasteiger charge is 2.18. The molecule has 2 aromatic carbocycles. The number of carbonyl (C=O) groups is 2. The van der Waals surface area contributed by atoms with E-state index in [4.69, 9.17) is 52.4 Å². The number of aromatic nitrogens is 2. The average Bonchev–Trinajstić information content (AvgIpc) is 3.09. The molecule has 0 radical (unpaired) electrons. The Morgan fingerprint density at radius 3 is 1.69 bits per heavy atom. The molecule has 0 spiro atoms. The van der Waals surface area contributed by atoms with Gasteiger partial charge in [-0.25, -0.2) is 0 Å². The monoisotopic (exact) mass is 753 g/mol. The van der Waals surface area contributed by atoms with Gasteiger partial charge in [0.05, 0.1) is 20.6 Å². The fourth-order valence-corrected chi connectivity index (χ4v) is 6.28. The molecule has 0 aliphatic carbocycles. The Labute approximate surface area is 314 Å². The summed E-state index contributed by atoms with van der Waals surface area (Å²) in [7, 11) is 3.04. The van der Waals surface area contributed by atoms with Crippen LogP contribution >= 0.6 is 23.2 Å². The molecule has 52 heavy (non-hydrogen) atoms. The molecule has 0 saturated heterocycles. The van der Waals surface area contributed by atoms with Crippen LogP contribution in [0.1, 0.15) is 66.5 Å². The lowest BCUT2D eigenvalue weighted by atomic mass is 9.92. The molecule has 2 aromatic heterocycles. The number of aliphatic carboxylic acids is 2. The maximum atomic E-state index is 11.0. The van der Waals surface area contributed by atoms with E-state index in [1.165, 1.54) is 14.2 Å². The predicted octanol–water partition coefficient (Wildman–Crippen LogP) is 8.24. The standard InChI is InChI=1S/C39H45Cl2N3O8/c1-22(15-34(45)46)13-14-26-17-32(40)38(43-36(26)49-5)51-20-27-9-7-11-30(24(27)3)31-12-8-10-28(25(31)4)21-52-39-33(41)18-29(37(44-39)50-6)19-42-23(2)16-35(47)48/h7-12,17-18,22-23,42H,13-16,19-21H2,1-6H3,(H,45,46)(H,47,48)/t22-,23+/m1/s1. The second-order valence-corrected chi connectivity index (χ2v) is 13.6. The molecule has 0 aliphatic rings. The number of benzene rings is 2. The molecule has 13 heteroatoms. The third-order valence-corrected chi connectivity index (χ3v) is 9.36. The smallest absolute Gasteiger partial charge is 0.304 e. The molecule has 0 fully saturated rings. The van der Waals surface area contributed by atoms with Crippen LogP contribution in [0.2, 0.25) is 10.0 Å². The van der Waals surface area contributed by atoms with Gasteiger partial charge in [0.15, 0.2) is 0 Å². The maximum Gasteiger partial charge on any atom is 0.304 e. The number of methoxy groups -OCH3 is 2. The SMILES string of the molecule is COc1nc(OCc2cccc(-c3cccc(COc4nc(OC)c(CN[C@@H](C)CC(=O)O)cc4Cl)c3C)c2C)c(Cl)cc1CC[C@@H](C)CC(=O)O. The van der Waals surface area contributed by atoms with Crippen molar-refractivity contribution in [2.45, 2.75) is 79.2 Å². The van der Waals surface area contributed by atoms with E-state index in [-0.39, 0.29) is 49.8 Å². The van der Waals surface area contributed by atoms with Gasteiger partial charge in [0.25, 0.3) is 0 Å². The topological polar surface area (TPSA) is 149 Å². The third kappa shape index (κ3) is 10.7. The van der Waals surface area contributed by atoms with Crippen molar-refractivity contribution in [1.82, 2.24) is 15.3 Å². The lowest BCUT2D eigenvalue weighted by Crippen LogP contribution is -2.28. The van der Waals surface area contributed by atoms with E-state index in [1.54, 1.807) is 19.1 Å². The Morgan fingerprint density at radius 2 is 1.21 bits per heavy atom. The van der Waals surface area contributed by atoms with Gasteiger partial charge in [-0.2, -0.15) is 9.97 Å². The van der Waals surface area contributed by atoms with E-state index >= 15 is 0 Å². The van der Waals surface area contributed by atoms with Crippen LogP contribution in [0.25, 0.3) is 11.1 Å². The van der Waals surface area contributed by atoms with Gasteiger partial charge in [-0.3, -0.25) is 9.59 Å². The average molecular weight is 755 g/mol. The van der Waals surface area contributed by atoms with Gasteiger partial charge in [0.2, 0.25) is 23.5 Å². The first kappa shape index (κ1) is 40.2. The Bertz CT molecular complexity index is 1750. The van der Waals surface area contributed by atoms with E-state index in [0.29, 0.717) is 46.8 Å². The molecule has 3 N–H and O–H groups in total. The fourth-order valence-electron chi connectivity index (χ4n) is 5.83. The summed E-state index contributed by atoms with van der Waals surface area (Å²) in [6.07, 6.45) is 1.31. The molecule has 4 aromatic rings. The summed E-state index contributed by atoms with van der Waals surface area (Å²) in [5.41, 5.74) is 7.52. The molecule has 278 valence electrons. The first-order chi connectivity index (χ1) is 24.8. The molecule has 0 saturated carbocycles. The zero-order chi connectivity index (χ0) is 37.9. The highest BCUT2D eigenvalue weighted by Crippen LogP contribution is 2.35. The van der Waals surface area contributed by atoms with E-state index in [2.05, 4.69) is 27.4 Å². The second-order valence-electron chi connectivity index (χ2n) is 12.8. The number of rotatable bonds is 19. The third-order valence-electron chi connectivity index (χ3n) is 8.82. The van der Waals surface area contributed by atoms with E-state index in [0.717, 1.165) is 38.9 Å². The molecule has 2 atom stereocenters. The molecular weight excluding hydrogens is 709 g/mol. The van der Waals surface area contributed by atoms with Gasteiger partial charge in [-0.05, 0) is 85.0 Å². The number of halogens is 2. The molecular formula is C39H45Cl2N3O8. The normalized spacial score (nSPS) is 12.2. The van der Waals surface area contributed by atoms with Crippen LogP contribution < -0.4 is 24.3 Å². The highest BCUT2D eigenvalue weighted by molar-refractivity contribution is 6.32. The van der Waals surface area contributed by atoms with Gasteiger partial charge in [-0.15, -0.1) is 0 Å². The zero-order valence-electron chi connectivity index (χ0n) is 30.2. The minimum Gasteiger partial charge on any atom is -0.481 e. The summed E-state index contributed by atoms with van der Waals surface area (Å²) in [4.78, 5) is 31.1. The number of carboxylic acids is 2. The summed E-state index contributed by atoms with van der Waals surface area (Å²) >= 11 is 13.2. The number of nitrogens with one attached hydrogen (secondary N) is 1. The van der Waals surface area contributed by atoms with Crippen molar-refractivity contribution in [2.75, 3.05) is 14.2 Å².